The predicted molar refractivity (Wildman–Crippen MR) is 129 cm³/mol. The van der Waals surface area contributed by atoms with Crippen molar-refractivity contribution in [3.63, 3.8) is 0 Å². The fourth-order valence-corrected chi connectivity index (χ4v) is 3.63. The van der Waals surface area contributed by atoms with E-state index in [1.807, 2.05) is 54.6 Å². The summed E-state index contributed by atoms with van der Waals surface area (Å²) in [6.07, 6.45) is 0. The van der Waals surface area contributed by atoms with E-state index in [4.69, 9.17) is 9.47 Å². The Morgan fingerprint density at radius 2 is 1.77 bits per heavy atom. The molecular formula is C25H23N7O3. The summed E-state index contributed by atoms with van der Waals surface area (Å²) in [6, 6.07) is 22.5. The third-order valence-electron chi connectivity index (χ3n) is 5.39. The first-order valence-corrected chi connectivity index (χ1v) is 11.0. The average Bonchev–Trinajstić information content (AvgIpc) is 3.50. The van der Waals surface area contributed by atoms with Crippen LogP contribution >= 0.6 is 0 Å². The topological polar surface area (TPSA) is 108 Å². The Hall–Kier alpha value is -4.73. The van der Waals surface area contributed by atoms with E-state index < -0.39 is 0 Å². The molecule has 5 rings (SSSR count). The SMILES string of the molecule is COc1cccc(-c2nnc3ccc(OCCNC(=O)c4cc(-c5ccccc5)nn4C)nn23)c1. The van der Waals surface area contributed by atoms with Crippen molar-refractivity contribution in [1.82, 2.24) is 34.9 Å². The molecule has 10 nitrogen and oxygen atoms in total. The molecule has 0 radical (unpaired) electrons. The molecule has 0 unspecified atom stereocenters. The Bertz CT molecular complexity index is 1480. The summed E-state index contributed by atoms with van der Waals surface area (Å²) >= 11 is 0. The molecule has 176 valence electrons. The van der Waals surface area contributed by atoms with Crippen molar-refractivity contribution in [2.75, 3.05) is 20.3 Å². The average molecular weight is 470 g/mol. The number of benzene rings is 2. The molecule has 3 heterocycles. The number of nitrogens with one attached hydrogen (secondary N) is 1. The lowest BCUT2D eigenvalue weighted by Gasteiger charge is -2.08. The number of methoxy groups -OCH3 is 1. The van der Waals surface area contributed by atoms with Crippen LogP contribution in [0, 0.1) is 0 Å². The zero-order valence-electron chi connectivity index (χ0n) is 19.3. The minimum Gasteiger partial charge on any atom is -0.497 e. The van der Waals surface area contributed by atoms with E-state index >= 15 is 0 Å². The molecule has 10 heteroatoms. The second-order valence-electron chi connectivity index (χ2n) is 7.71. The van der Waals surface area contributed by atoms with Crippen molar-refractivity contribution >= 4 is 11.6 Å². The van der Waals surface area contributed by atoms with E-state index in [2.05, 4.69) is 25.7 Å². The van der Waals surface area contributed by atoms with Crippen LogP contribution < -0.4 is 14.8 Å². The van der Waals surface area contributed by atoms with Crippen molar-refractivity contribution in [2.45, 2.75) is 0 Å². The van der Waals surface area contributed by atoms with Gasteiger partial charge in [-0.15, -0.1) is 15.3 Å². The normalized spacial score (nSPS) is 10.9. The molecule has 1 amide bonds. The number of fused-ring (bicyclic) bond motifs is 1. The van der Waals surface area contributed by atoms with Gasteiger partial charge < -0.3 is 14.8 Å². The highest BCUT2D eigenvalue weighted by Crippen LogP contribution is 2.23. The summed E-state index contributed by atoms with van der Waals surface area (Å²) < 4.78 is 14.2. The lowest BCUT2D eigenvalue weighted by Crippen LogP contribution is -2.29. The van der Waals surface area contributed by atoms with Gasteiger partial charge in [0.25, 0.3) is 5.91 Å². The number of amides is 1. The number of aryl methyl sites for hydroxylation is 1. The third kappa shape index (κ3) is 4.67. The van der Waals surface area contributed by atoms with Gasteiger partial charge in [-0.25, -0.2) is 0 Å². The maximum absolute atomic E-state index is 12.6. The molecule has 0 spiro atoms. The number of ether oxygens (including phenoxy) is 2. The molecule has 0 saturated heterocycles. The molecule has 3 aromatic heterocycles. The Labute approximate surface area is 201 Å². The van der Waals surface area contributed by atoms with Crippen molar-refractivity contribution in [3.05, 3.63) is 78.5 Å². The fourth-order valence-electron chi connectivity index (χ4n) is 3.63. The summed E-state index contributed by atoms with van der Waals surface area (Å²) in [6.45, 7) is 0.541. The van der Waals surface area contributed by atoms with E-state index in [0.29, 0.717) is 35.3 Å². The predicted octanol–water partition coefficient (Wildman–Crippen LogP) is 3.01. The largest absolute Gasteiger partial charge is 0.497 e. The number of aromatic nitrogens is 6. The summed E-state index contributed by atoms with van der Waals surface area (Å²) in [5.41, 5.74) is 3.58. The van der Waals surface area contributed by atoms with Crippen LogP contribution in [0.1, 0.15) is 10.5 Å². The molecular weight excluding hydrogens is 446 g/mol. The van der Waals surface area contributed by atoms with Gasteiger partial charge in [0.05, 0.1) is 19.3 Å². The van der Waals surface area contributed by atoms with Crippen LogP contribution in [0.25, 0.3) is 28.3 Å². The summed E-state index contributed by atoms with van der Waals surface area (Å²) in [7, 11) is 3.36. The van der Waals surface area contributed by atoms with Gasteiger partial charge in [0.15, 0.2) is 11.5 Å². The minimum atomic E-state index is -0.228. The zero-order valence-corrected chi connectivity index (χ0v) is 19.3. The van der Waals surface area contributed by atoms with Crippen LogP contribution in [0.5, 0.6) is 11.6 Å². The lowest BCUT2D eigenvalue weighted by atomic mass is 10.1. The van der Waals surface area contributed by atoms with Crippen molar-refractivity contribution in [3.8, 4) is 34.3 Å². The van der Waals surface area contributed by atoms with Crippen molar-refractivity contribution in [2.24, 2.45) is 7.05 Å². The van der Waals surface area contributed by atoms with E-state index in [9.17, 15) is 4.79 Å². The van der Waals surface area contributed by atoms with Gasteiger partial charge in [-0.3, -0.25) is 9.48 Å². The van der Waals surface area contributed by atoms with Gasteiger partial charge in [0.1, 0.15) is 18.1 Å². The molecule has 0 aliphatic rings. The number of hydrogen-bond acceptors (Lipinski definition) is 7. The van der Waals surface area contributed by atoms with E-state index in [1.54, 1.807) is 41.6 Å². The molecule has 0 fully saturated rings. The number of carbonyl (C=O) groups is 1. The van der Waals surface area contributed by atoms with Gasteiger partial charge in [-0.05, 0) is 24.3 Å². The van der Waals surface area contributed by atoms with Gasteiger partial charge in [-0.2, -0.15) is 9.61 Å². The monoisotopic (exact) mass is 469 g/mol. The van der Waals surface area contributed by atoms with Gasteiger partial charge in [0, 0.05) is 24.2 Å². The number of rotatable bonds is 8. The summed E-state index contributed by atoms with van der Waals surface area (Å²) in [4.78, 5) is 12.6. The number of carbonyl (C=O) groups excluding carboxylic acids is 1. The first kappa shape index (κ1) is 22.1. The van der Waals surface area contributed by atoms with Crippen LogP contribution in [0.2, 0.25) is 0 Å². The Kier molecular flexibility index (Phi) is 6.08. The van der Waals surface area contributed by atoms with Crippen LogP contribution in [0.4, 0.5) is 0 Å². The molecule has 0 atom stereocenters. The quantitative estimate of drug-likeness (QED) is 0.348. The summed E-state index contributed by atoms with van der Waals surface area (Å²) in [5, 5.41) is 20.2. The zero-order chi connectivity index (χ0) is 24.2. The van der Waals surface area contributed by atoms with Gasteiger partial charge in [0.2, 0.25) is 5.88 Å². The maximum atomic E-state index is 12.6. The molecule has 0 bridgehead atoms. The summed E-state index contributed by atoms with van der Waals surface area (Å²) in [5.74, 6) is 1.45. The smallest absolute Gasteiger partial charge is 0.269 e. The first-order chi connectivity index (χ1) is 17.1. The number of nitrogens with zero attached hydrogens (tertiary/aromatic N) is 6. The molecule has 0 aliphatic heterocycles. The Morgan fingerprint density at radius 1 is 0.943 bits per heavy atom. The van der Waals surface area contributed by atoms with Crippen LogP contribution in [0.3, 0.4) is 0 Å². The van der Waals surface area contributed by atoms with Gasteiger partial charge >= 0.3 is 0 Å². The van der Waals surface area contributed by atoms with Crippen LogP contribution in [0.15, 0.2) is 72.8 Å². The Balaban J connectivity index is 1.22. The molecule has 1 N–H and O–H groups in total. The molecule has 0 saturated carbocycles. The standard InChI is InChI=1S/C25H23N7O3/c1-31-21(16-20(29-31)17-7-4-3-5-8-17)25(33)26-13-14-35-23-12-11-22-27-28-24(32(22)30-23)18-9-6-10-19(15-18)34-2/h3-12,15-16H,13-14H2,1-2H3,(H,26,33). The van der Waals surface area contributed by atoms with E-state index in [0.717, 1.165) is 16.8 Å². The van der Waals surface area contributed by atoms with Crippen molar-refractivity contribution in [1.29, 1.82) is 0 Å². The number of hydrogen-bond donors (Lipinski definition) is 1. The second-order valence-corrected chi connectivity index (χ2v) is 7.71. The first-order valence-electron chi connectivity index (χ1n) is 11.0. The van der Waals surface area contributed by atoms with Crippen LogP contribution in [-0.4, -0.2) is 55.8 Å². The molecule has 0 aliphatic carbocycles. The molecule has 5 aromatic rings. The third-order valence-corrected chi connectivity index (χ3v) is 5.39. The highest BCUT2D eigenvalue weighted by Gasteiger charge is 2.14. The van der Waals surface area contributed by atoms with E-state index in [-0.39, 0.29) is 12.5 Å². The Morgan fingerprint density at radius 3 is 2.60 bits per heavy atom. The lowest BCUT2D eigenvalue weighted by molar-refractivity contribution is 0.0937. The second kappa shape index (κ2) is 9.64. The highest BCUT2D eigenvalue weighted by atomic mass is 16.5. The van der Waals surface area contributed by atoms with Crippen molar-refractivity contribution < 1.29 is 14.3 Å². The maximum Gasteiger partial charge on any atom is 0.269 e. The van der Waals surface area contributed by atoms with E-state index in [1.165, 1.54) is 0 Å². The minimum absolute atomic E-state index is 0.228. The molecule has 2 aromatic carbocycles. The highest BCUT2D eigenvalue weighted by molar-refractivity contribution is 5.93. The fraction of sp³-hybridized carbons (Fsp3) is 0.160. The molecule has 35 heavy (non-hydrogen) atoms. The van der Waals surface area contributed by atoms with Gasteiger partial charge in [-0.1, -0.05) is 42.5 Å². The van der Waals surface area contributed by atoms with Crippen LogP contribution in [-0.2, 0) is 7.05 Å².